The Morgan fingerprint density at radius 3 is 2.27 bits per heavy atom. The molecule has 26 heavy (non-hydrogen) atoms. The van der Waals surface area contributed by atoms with Crippen LogP contribution in [0.4, 0.5) is 0 Å². The lowest BCUT2D eigenvalue weighted by molar-refractivity contribution is -0.117. The summed E-state index contributed by atoms with van der Waals surface area (Å²) in [7, 11) is 1.50. The molecular formula is C19H25N5O2. The predicted molar refractivity (Wildman–Crippen MR) is 102 cm³/mol. The van der Waals surface area contributed by atoms with Crippen molar-refractivity contribution in [3.05, 3.63) is 65.0 Å². The number of nitrogens with one attached hydrogen (secondary N) is 2. The van der Waals surface area contributed by atoms with Crippen LogP contribution in [0.25, 0.3) is 0 Å². The zero-order valence-electron chi connectivity index (χ0n) is 15.1. The Morgan fingerprint density at radius 1 is 1.08 bits per heavy atom. The fourth-order valence-electron chi connectivity index (χ4n) is 2.24. The zero-order chi connectivity index (χ0) is 19.5. The number of rotatable bonds is 7. The predicted octanol–water partition coefficient (Wildman–Crippen LogP) is 1.04. The molecule has 7 heteroatoms. The second kappa shape index (κ2) is 10.7. The maximum atomic E-state index is 12.0. The van der Waals surface area contributed by atoms with E-state index in [1.165, 1.54) is 13.2 Å². The van der Waals surface area contributed by atoms with Gasteiger partial charge < -0.3 is 22.2 Å². The summed E-state index contributed by atoms with van der Waals surface area (Å²) < 4.78 is 0. The number of hydrogen-bond donors (Lipinski definition) is 4. The summed E-state index contributed by atoms with van der Waals surface area (Å²) in [6.45, 7) is 1.86. The maximum absolute atomic E-state index is 12.0. The lowest BCUT2D eigenvalue weighted by Gasteiger charge is -2.07. The molecule has 1 aromatic carbocycles. The molecule has 0 saturated heterocycles. The van der Waals surface area contributed by atoms with Crippen LogP contribution in [-0.2, 0) is 17.6 Å². The molecule has 0 bridgehead atoms. The van der Waals surface area contributed by atoms with Gasteiger partial charge in [-0.05, 0) is 43.1 Å². The zero-order valence-corrected chi connectivity index (χ0v) is 15.1. The van der Waals surface area contributed by atoms with Crippen LogP contribution in [0.5, 0.6) is 0 Å². The highest BCUT2D eigenvalue weighted by molar-refractivity contribution is 5.96. The van der Waals surface area contributed by atoms with Gasteiger partial charge >= 0.3 is 0 Å². The Bertz CT molecular complexity index is 757. The van der Waals surface area contributed by atoms with E-state index < -0.39 is 0 Å². The van der Waals surface area contributed by atoms with Crippen LogP contribution >= 0.6 is 0 Å². The quantitative estimate of drug-likeness (QED) is 0.552. The number of primary amides is 1. The minimum absolute atomic E-state index is 0.226. The van der Waals surface area contributed by atoms with Crippen molar-refractivity contribution in [1.29, 1.82) is 5.41 Å². The molecule has 138 valence electrons. The van der Waals surface area contributed by atoms with E-state index in [4.69, 9.17) is 11.1 Å². The SMILES string of the molecule is CC(=N)CNC(=O)c1cncc(Cc2ccc(CC(N)=O)cc2)c1.CN. The van der Waals surface area contributed by atoms with E-state index >= 15 is 0 Å². The van der Waals surface area contributed by atoms with Crippen molar-refractivity contribution in [1.82, 2.24) is 10.3 Å². The Balaban J connectivity index is 0.00000163. The number of aromatic nitrogens is 1. The number of carbonyl (C=O) groups excluding carboxylic acids is 2. The molecule has 0 spiro atoms. The van der Waals surface area contributed by atoms with Crippen LogP contribution in [0.3, 0.4) is 0 Å². The third kappa shape index (κ3) is 7.23. The highest BCUT2D eigenvalue weighted by atomic mass is 16.2. The van der Waals surface area contributed by atoms with E-state index in [0.29, 0.717) is 17.7 Å². The van der Waals surface area contributed by atoms with Crippen molar-refractivity contribution in [2.75, 3.05) is 13.6 Å². The first-order chi connectivity index (χ1) is 12.4. The molecule has 0 aliphatic heterocycles. The average Bonchev–Trinajstić information content (AvgIpc) is 2.63. The van der Waals surface area contributed by atoms with Gasteiger partial charge in [0.05, 0.1) is 18.5 Å². The summed E-state index contributed by atoms with van der Waals surface area (Å²) in [6, 6.07) is 9.40. The van der Waals surface area contributed by atoms with E-state index in [1.54, 1.807) is 19.2 Å². The smallest absolute Gasteiger partial charge is 0.253 e. The van der Waals surface area contributed by atoms with Gasteiger partial charge in [0.1, 0.15) is 0 Å². The fraction of sp³-hybridized carbons (Fsp3) is 0.263. The first-order valence-electron chi connectivity index (χ1n) is 8.14. The van der Waals surface area contributed by atoms with Crippen molar-refractivity contribution in [2.24, 2.45) is 11.5 Å². The first-order valence-corrected chi connectivity index (χ1v) is 8.14. The molecule has 0 atom stereocenters. The molecule has 7 nitrogen and oxygen atoms in total. The van der Waals surface area contributed by atoms with Crippen LogP contribution in [-0.4, -0.2) is 36.1 Å². The molecule has 0 radical (unpaired) electrons. The van der Waals surface area contributed by atoms with Gasteiger partial charge in [0.15, 0.2) is 0 Å². The largest absolute Gasteiger partial charge is 0.369 e. The molecule has 0 aliphatic rings. The molecule has 1 aromatic heterocycles. The van der Waals surface area contributed by atoms with E-state index in [2.05, 4.69) is 16.0 Å². The van der Waals surface area contributed by atoms with Gasteiger partial charge in [-0.25, -0.2) is 0 Å². The molecule has 6 N–H and O–H groups in total. The third-order valence-electron chi connectivity index (χ3n) is 3.38. The van der Waals surface area contributed by atoms with Crippen LogP contribution < -0.4 is 16.8 Å². The molecule has 2 rings (SSSR count). The monoisotopic (exact) mass is 355 g/mol. The topological polar surface area (TPSA) is 135 Å². The molecule has 0 aliphatic carbocycles. The summed E-state index contributed by atoms with van der Waals surface area (Å²) in [5.74, 6) is -0.599. The Labute approximate surface area is 153 Å². The Kier molecular flexibility index (Phi) is 8.66. The third-order valence-corrected chi connectivity index (χ3v) is 3.38. The summed E-state index contributed by atoms with van der Waals surface area (Å²) in [4.78, 5) is 27.0. The van der Waals surface area contributed by atoms with Gasteiger partial charge in [0, 0.05) is 18.1 Å². The van der Waals surface area contributed by atoms with Crippen molar-refractivity contribution in [3.63, 3.8) is 0 Å². The minimum Gasteiger partial charge on any atom is -0.369 e. The van der Waals surface area contributed by atoms with E-state index in [9.17, 15) is 9.59 Å². The Morgan fingerprint density at radius 2 is 1.69 bits per heavy atom. The highest BCUT2D eigenvalue weighted by Gasteiger charge is 2.07. The van der Waals surface area contributed by atoms with Gasteiger partial charge in [0.2, 0.25) is 5.91 Å². The number of pyridine rings is 1. The van der Waals surface area contributed by atoms with Crippen molar-refractivity contribution in [2.45, 2.75) is 19.8 Å². The van der Waals surface area contributed by atoms with Gasteiger partial charge in [-0.2, -0.15) is 0 Å². The molecule has 2 aromatic rings. The van der Waals surface area contributed by atoms with E-state index in [-0.39, 0.29) is 24.8 Å². The van der Waals surface area contributed by atoms with Crippen LogP contribution in [0.1, 0.15) is 34.0 Å². The van der Waals surface area contributed by atoms with Crippen LogP contribution in [0.15, 0.2) is 42.7 Å². The minimum atomic E-state index is -0.356. The fourth-order valence-corrected chi connectivity index (χ4v) is 2.24. The molecule has 0 saturated carbocycles. The lowest BCUT2D eigenvalue weighted by Crippen LogP contribution is -2.28. The second-order valence-corrected chi connectivity index (χ2v) is 5.68. The lowest BCUT2D eigenvalue weighted by atomic mass is 10.0. The number of nitrogens with two attached hydrogens (primary N) is 2. The molecule has 0 unspecified atom stereocenters. The standard InChI is InChI=1S/C18H20N4O2.CH5N/c1-12(19)9-22-18(24)16-7-15(10-21-11-16)6-13-2-4-14(5-3-13)8-17(20)23;1-2/h2-5,7,10-11,19H,6,8-9H2,1H3,(H2,20,23)(H,22,24);2H2,1H3. The van der Waals surface area contributed by atoms with Gasteiger partial charge in [-0.3, -0.25) is 14.6 Å². The molecule has 2 amide bonds. The highest BCUT2D eigenvalue weighted by Crippen LogP contribution is 2.12. The average molecular weight is 355 g/mol. The summed E-state index contributed by atoms with van der Waals surface area (Å²) >= 11 is 0. The summed E-state index contributed by atoms with van der Waals surface area (Å²) in [5, 5.41) is 10.0. The number of hydrogen-bond acceptors (Lipinski definition) is 5. The normalized spacial score (nSPS) is 9.65. The van der Waals surface area contributed by atoms with Crippen LogP contribution in [0, 0.1) is 5.41 Å². The number of nitrogens with zero attached hydrogens (tertiary/aromatic N) is 1. The number of carbonyl (C=O) groups is 2. The molecule has 1 heterocycles. The van der Waals surface area contributed by atoms with Crippen molar-refractivity contribution >= 4 is 17.5 Å². The van der Waals surface area contributed by atoms with Gasteiger partial charge in [-0.15, -0.1) is 0 Å². The van der Waals surface area contributed by atoms with E-state index in [1.807, 2.05) is 24.3 Å². The van der Waals surface area contributed by atoms with Crippen molar-refractivity contribution in [3.8, 4) is 0 Å². The Hall–Kier alpha value is -3.06. The van der Waals surface area contributed by atoms with E-state index in [0.717, 1.165) is 16.7 Å². The molecule has 0 fully saturated rings. The van der Waals surface area contributed by atoms with Crippen LogP contribution in [0.2, 0.25) is 0 Å². The molecular weight excluding hydrogens is 330 g/mol. The van der Waals surface area contributed by atoms with Gasteiger partial charge in [-0.1, -0.05) is 24.3 Å². The maximum Gasteiger partial charge on any atom is 0.253 e. The van der Waals surface area contributed by atoms with Gasteiger partial charge in [0.25, 0.3) is 5.91 Å². The number of benzene rings is 1. The van der Waals surface area contributed by atoms with Crippen molar-refractivity contribution < 1.29 is 9.59 Å². The summed E-state index contributed by atoms with van der Waals surface area (Å²) in [5.41, 5.74) is 13.4. The first kappa shape index (κ1) is 21.0. The number of amides is 2. The summed E-state index contributed by atoms with van der Waals surface area (Å²) in [6.07, 6.45) is 4.09. The second-order valence-electron chi connectivity index (χ2n) is 5.68.